The fraction of sp³-hybridized carbons (Fsp3) is 0.375. The van der Waals surface area contributed by atoms with Crippen LogP contribution in [0.3, 0.4) is 0 Å². The summed E-state index contributed by atoms with van der Waals surface area (Å²) in [6.07, 6.45) is -0.593. The molecule has 0 radical (unpaired) electrons. The van der Waals surface area contributed by atoms with Crippen LogP contribution < -0.4 is 10.4 Å². The highest BCUT2D eigenvalue weighted by Gasteiger charge is 2.50. The highest BCUT2D eigenvalue weighted by molar-refractivity contribution is 6.99. The first-order chi connectivity index (χ1) is 17.3. The third-order valence-corrected chi connectivity index (χ3v) is 11.7. The van der Waals surface area contributed by atoms with Gasteiger partial charge < -0.3 is 14.3 Å². The van der Waals surface area contributed by atoms with Crippen LogP contribution in [0.1, 0.15) is 40.2 Å². The number of benzene rings is 3. The summed E-state index contributed by atoms with van der Waals surface area (Å²) in [6.45, 7) is 12.2. The van der Waals surface area contributed by atoms with Crippen molar-refractivity contribution in [3.05, 3.63) is 96.6 Å². The monoisotopic (exact) mass is 500 g/mol. The Morgan fingerprint density at radius 2 is 1.31 bits per heavy atom. The van der Waals surface area contributed by atoms with Gasteiger partial charge in [-0.2, -0.15) is 0 Å². The SMILES string of the molecule is C[C@H](C#CCOCc1ccccc1)[C@@H](O)[C@H](C)CO[Si](c1ccccc1)(c1ccccc1)C(C)(C)C. The van der Waals surface area contributed by atoms with Gasteiger partial charge in [0.05, 0.1) is 12.7 Å². The first kappa shape index (κ1) is 27.9. The van der Waals surface area contributed by atoms with Crippen LogP contribution in [0.25, 0.3) is 0 Å². The molecule has 0 saturated carbocycles. The lowest BCUT2D eigenvalue weighted by molar-refractivity contribution is 0.0575. The Hall–Kier alpha value is -2.68. The highest BCUT2D eigenvalue weighted by atomic mass is 28.4. The van der Waals surface area contributed by atoms with E-state index in [0.29, 0.717) is 19.8 Å². The molecule has 0 heterocycles. The molecule has 3 rings (SSSR count). The van der Waals surface area contributed by atoms with Gasteiger partial charge in [-0.1, -0.05) is 131 Å². The Kier molecular flexibility index (Phi) is 10.1. The number of ether oxygens (including phenoxy) is 1. The van der Waals surface area contributed by atoms with Gasteiger partial charge >= 0.3 is 0 Å². The molecule has 3 nitrogen and oxygen atoms in total. The Bertz CT molecular complexity index is 1060. The summed E-state index contributed by atoms with van der Waals surface area (Å²) >= 11 is 0. The Morgan fingerprint density at radius 1 is 0.806 bits per heavy atom. The summed E-state index contributed by atoms with van der Waals surface area (Å²) < 4.78 is 12.7. The molecule has 3 aromatic rings. The molecule has 3 aromatic carbocycles. The molecule has 0 fully saturated rings. The lowest BCUT2D eigenvalue weighted by Crippen LogP contribution is -2.67. The number of rotatable bonds is 10. The molecule has 0 aliphatic carbocycles. The second kappa shape index (κ2) is 13.0. The van der Waals surface area contributed by atoms with E-state index < -0.39 is 14.4 Å². The van der Waals surface area contributed by atoms with Crippen LogP contribution in [0.15, 0.2) is 91.0 Å². The van der Waals surface area contributed by atoms with Crippen molar-refractivity contribution in [2.75, 3.05) is 13.2 Å². The lowest BCUT2D eigenvalue weighted by Gasteiger charge is -2.44. The van der Waals surface area contributed by atoms with E-state index in [-0.39, 0.29) is 16.9 Å². The van der Waals surface area contributed by atoms with Crippen molar-refractivity contribution in [2.45, 2.75) is 52.4 Å². The van der Waals surface area contributed by atoms with E-state index in [0.717, 1.165) is 5.56 Å². The van der Waals surface area contributed by atoms with Crippen LogP contribution in [0.4, 0.5) is 0 Å². The van der Waals surface area contributed by atoms with Gasteiger partial charge in [-0.25, -0.2) is 0 Å². The van der Waals surface area contributed by atoms with E-state index in [1.165, 1.54) is 10.4 Å². The third-order valence-electron chi connectivity index (χ3n) is 6.69. The maximum Gasteiger partial charge on any atom is 0.261 e. The van der Waals surface area contributed by atoms with Crippen molar-refractivity contribution in [3.8, 4) is 11.8 Å². The van der Waals surface area contributed by atoms with Crippen molar-refractivity contribution < 1.29 is 14.3 Å². The van der Waals surface area contributed by atoms with Crippen molar-refractivity contribution in [3.63, 3.8) is 0 Å². The summed E-state index contributed by atoms with van der Waals surface area (Å²) in [5, 5.41) is 13.4. The van der Waals surface area contributed by atoms with E-state index in [4.69, 9.17) is 9.16 Å². The predicted molar refractivity (Wildman–Crippen MR) is 152 cm³/mol. The van der Waals surface area contributed by atoms with E-state index in [1.807, 2.05) is 56.3 Å². The zero-order chi connectivity index (χ0) is 26.0. The van der Waals surface area contributed by atoms with Crippen molar-refractivity contribution >= 4 is 18.7 Å². The zero-order valence-electron chi connectivity index (χ0n) is 22.3. The van der Waals surface area contributed by atoms with Gasteiger partial charge in [0.25, 0.3) is 8.32 Å². The maximum absolute atomic E-state index is 11.1. The predicted octanol–water partition coefficient (Wildman–Crippen LogP) is 5.42. The normalized spacial score (nSPS) is 14.4. The number of hydrogen-bond acceptors (Lipinski definition) is 3. The van der Waals surface area contributed by atoms with Gasteiger partial charge in [0.1, 0.15) is 6.61 Å². The number of aliphatic hydroxyl groups excluding tert-OH is 1. The van der Waals surface area contributed by atoms with Crippen LogP contribution in [-0.2, 0) is 15.8 Å². The molecule has 0 spiro atoms. The summed E-state index contributed by atoms with van der Waals surface area (Å²) in [7, 11) is -2.63. The van der Waals surface area contributed by atoms with Crippen LogP contribution in [0.2, 0.25) is 5.04 Å². The molecule has 36 heavy (non-hydrogen) atoms. The Morgan fingerprint density at radius 3 is 1.81 bits per heavy atom. The quantitative estimate of drug-likeness (QED) is 0.230. The third kappa shape index (κ3) is 6.96. The summed E-state index contributed by atoms with van der Waals surface area (Å²) in [6, 6.07) is 31.3. The molecule has 0 amide bonds. The van der Waals surface area contributed by atoms with Gasteiger partial charge in [0.2, 0.25) is 0 Å². The molecular weight excluding hydrogens is 460 g/mol. The van der Waals surface area contributed by atoms with Crippen LogP contribution in [0.5, 0.6) is 0 Å². The molecule has 0 bridgehead atoms. The summed E-state index contributed by atoms with van der Waals surface area (Å²) in [5.41, 5.74) is 1.13. The summed E-state index contributed by atoms with van der Waals surface area (Å²) in [4.78, 5) is 0. The van der Waals surface area contributed by atoms with E-state index in [2.05, 4.69) is 81.1 Å². The van der Waals surface area contributed by atoms with Gasteiger partial charge in [-0.3, -0.25) is 0 Å². The smallest absolute Gasteiger partial charge is 0.261 e. The van der Waals surface area contributed by atoms with Crippen molar-refractivity contribution in [1.29, 1.82) is 0 Å². The van der Waals surface area contributed by atoms with E-state index in [1.54, 1.807) is 0 Å². The fourth-order valence-electron chi connectivity index (χ4n) is 4.69. The lowest BCUT2D eigenvalue weighted by atomic mass is 9.94. The van der Waals surface area contributed by atoms with E-state index >= 15 is 0 Å². The maximum atomic E-state index is 11.1. The molecule has 4 heteroatoms. The minimum Gasteiger partial charge on any atom is -0.407 e. The fourth-order valence-corrected chi connectivity index (χ4v) is 9.36. The Labute approximate surface area is 218 Å². The first-order valence-corrected chi connectivity index (χ1v) is 14.7. The highest BCUT2D eigenvalue weighted by Crippen LogP contribution is 2.37. The van der Waals surface area contributed by atoms with Crippen LogP contribution >= 0.6 is 0 Å². The average Bonchev–Trinajstić information content (AvgIpc) is 2.89. The number of aliphatic hydroxyl groups is 1. The zero-order valence-corrected chi connectivity index (χ0v) is 23.3. The minimum absolute atomic E-state index is 0.0683. The molecular formula is C32H40O3Si. The molecule has 190 valence electrons. The molecule has 1 N–H and O–H groups in total. The molecule has 0 aliphatic rings. The van der Waals surface area contributed by atoms with Gasteiger partial charge in [0.15, 0.2) is 0 Å². The van der Waals surface area contributed by atoms with Gasteiger partial charge in [-0.05, 0) is 27.9 Å². The minimum atomic E-state index is -2.63. The molecule has 0 aromatic heterocycles. The van der Waals surface area contributed by atoms with Gasteiger partial charge in [-0.15, -0.1) is 0 Å². The molecule has 0 aliphatic heterocycles. The molecule has 0 saturated heterocycles. The Balaban J connectivity index is 1.69. The second-order valence-electron chi connectivity index (χ2n) is 10.5. The topological polar surface area (TPSA) is 38.7 Å². The van der Waals surface area contributed by atoms with Crippen molar-refractivity contribution in [2.24, 2.45) is 11.8 Å². The molecule has 0 unspecified atom stereocenters. The van der Waals surface area contributed by atoms with Crippen LogP contribution in [-0.4, -0.2) is 32.7 Å². The van der Waals surface area contributed by atoms with E-state index in [9.17, 15) is 5.11 Å². The number of hydrogen-bond donors (Lipinski definition) is 1. The van der Waals surface area contributed by atoms with Crippen LogP contribution in [0, 0.1) is 23.7 Å². The average molecular weight is 501 g/mol. The van der Waals surface area contributed by atoms with Gasteiger partial charge in [0, 0.05) is 18.4 Å². The summed E-state index contributed by atoms with van der Waals surface area (Å²) in [5.74, 6) is 6.00. The second-order valence-corrected chi connectivity index (χ2v) is 14.8. The largest absolute Gasteiger partial charge is 0.407 e. The first-order valence-electron chi connectivity index (χ1n) is 12.8. The molecule has 3 atom stereocenters. The van der Waals surface area contributed by atoms with Crippen molar-refractivity contribution in [1.82, 2.24) is 0 Å². The standard InChI is InChI=1S/C32H40O3Si/c1-26(16-15-23-34-25-28-17-9-6-10-18-28)31(33)27(2)24-35-36(32(3,4)5,29-19-11-7-12-20-29)30-21-13-8-14-22-30/h6-14,17-22,26-27,31,33H,23-25H2,1-5H3/t26-,27-,31-/m1/s1.